The zero-order valence-corrected chi connectivity index (χ0v) is 10.1. The maximum atomic E-state index is 12.0. The van der Waals surface area contributed by atoms with Gasteiger partial charge < -0.3 is 4.74 Å². The highest BCUT2D eigenvalue weighted by atomic mass is 35.5. The van der Waals surface area contributed by atoms with Crippen LogP contribution in [-0.2, 0) is 16.0 Å². The molecule has 1 aromatic carbocycles. The molecular formula is C13H13ClO3. The molecule has 0 fully saturated rings. The standard InChI is InChI=1S/C13H13ClO3/c14-8-7-12(15)17-11-6-5-9-3-1-2-4-10(9)13(11)16/h1-4,11H,5-8H2. The third-order valence-electron chi connectivity index (χ3n) is 2.82. The molecule has 0 N–H and O–H groups in total. The molecule has 17 heavy (non-hydrogen) atoms. The van der Waals surface area contributed by atoms with E-state index >= 15 is 0 Å². The molecule has 1 unspecified atom stereocenters. The maximum absolute atomic E-state index is 12.0. The molecule has 0 aliphatic heterocycles. The predicted molar refractivity (Wildman–Crippen MR) is 64.3 cm³/mol. The lowest BCUT2D eigenvalue weighted by Gasteiger charge is -2.23. The second-order valence-corrected chi connectivity index (χ2v) is 4.36. The Morgan fingerprint density at radius 2 is 2.18 bits per heavy atom. The summed E-state index contributed by atoms with van der Waals surface area (Å²) in [6.45, 7) is 0. The minimum absolute atomic E-state index is 0.102. The zero-order chi connectivity index (χ0) is 12.3. The molecule has 0 radical (unpaired) electrons. The van der Waals surface area contributed by atoms with Crippen molar-refractivity contribution in [3.8, 4) is 0 Å². The number of benzene rings is 1. The first-order valence-electron chi connectivity index (χ1n) is 5.60. The Bertz CT molecular complexity index is 442. The van der Waals surface area contributed by atoms with Crippen LogP contribution in [0.2, 0.25) is 0 Å². The minimum Gasteiger partial charge on any atom is -0.454 e. The SMILES string of the molecule is O=C(CCCl)OC1CCc2ccccc2C1=O. The predicted octanol–water partition coefficient (Wildman–Crippen LogP) is 2.36. The summed E-state index contributed by atoms with van der Waals surface area (Å²) in [5.41, 5.74) is 1.70. The van der Waals surface area contributed by atoms with Gasteiger partial charge in [0.05, 0.1) is 6.42 Å². The van der Waals surface area contributed by atoms with Gasteiger partial charge in [-0.15, -0.1) is 11.6 Å². The molecule has 0 saturated carbocycles. The third kappa shape index (κ3) is 2.67. The summed E-state index contributed by atoms with van der Waals surface area (Å²) in [4.78, 5) is 23.4. The van der Waals surface area contributed by atoms with Crippen molar-refractivity contribution in [3.05, 3.63) is 35.4 Å². The van der Waals surface area contributed by atoms with E-state index in [1.165, 1.54) is 0 Å². The largest absolute Gasteiger partial charge is 0.454 e. The van der Waals surface area contributed by atoms with E-state index in [2.05, 4.69) is 0 Å². The van der Waals surface area contributed by atoms with Crippen LogP contribution in [0.15, 0.2) is 24.3 Å². The Hall–Kier alpha value is -1.35. The lowest BCUT2D eigenvalue weighted by atomic mass is 9.89. The Morgan fingerprint density at radius 1 is 1.41 bits per heavy atom. The van der Waals surface area contributed by atoms with E-state index in [0.717, 1.165) is 12.0 Å². The fourth-order valence-corrected chi connectivity index (χ4v) is 2.13. The van der Waals surface area contributed by atoms with Gasteiger partial charge in [0, 0.05) is 11.4 Å². The number of aryl methyl sites for hydroxylation is 1. The van der Waals surface area contributed by atoms with Crippen molar-refractivity contribution >= 4 is 23.4 Å². The highest BCUT2D eigenvalue weighted by Gasteiger charge is 2.29. The molecule has 0 heterocycles. The van der Waals surface area contributed by atoms with E-state index < -0.39 is 12.1 Å². The van der Waals surface area contributed by atoms with Gasteiger partial charge in [0.2, 0.25) is 5.78 Å². The van der Waals surface area contributed by atoms with Gasteiger partial charge >= 0.3 is 5.97 Å². The minimum atomic E-state index is -0.638. The number of alkyl halides is 1. The summed E-state index contributed by atoms with van der Waals surface area (Å²) in [5, 5.41) is 0. The van der Waals surface area contributed by atoms with Crippen molar-refractivity contribution in [1.29, 1.82) is 0 Å². The fourth-order valence-electron chi connectivity index (χ4n) is 1.98. The van der Waals surface area contributed by atoms with Crippen molar-refractivity contribution in [3.63, 3.8) is 0 Å². The molecule has 2 rings (SSSR count). The monoisotopic (exact) mass is 252 g/mol. The molecule has 1 aliphatic carbocycles. The maximum Gasteiger partial charge on any atom is 0.307 e. The normalized spacial score (nSPS) is 18.6. The molecule has 90 valence electrons. The quantitative estimate of drug-likeness (QED) is 0.613. The van der Waals surface area contributed by atoms with Gasteiger partial charge in [-0.25, -0.2) is 0 Å². The van der Waals surface area contributed by atoms with Crippen LogP contribution in [0.4, 0.5) is 0 Å². The molecule has 3 nitrogen and oxygen atoms in total. The number of halogens is 1. The van der Waals surface area contributed by atoms with Gasteiger partial charge in [-0.2, -0.15) is 0 Å². The lowest BCUT2D eigenvalue weighted by Crippen LogP contribution is -2.32. The van der Waals surface area contributed by atoms with E-state index in [1.54, 1.807) is 6.07 Å². The number of rotatable bonds is 3. The Balaban J connectivity index is 2.10. The Kier molecular flexibility index (Phi) is 3.79. The summed E-state index contributed by atoms with van der Waals surface area (Å²) < 4.78 is 5.13. The Morgan fingerprint density at radius 3 is 2.94 bits per heavy atom. The molecule has 0 spiro atoms. The highest BCUT2D eigenvalue weighted by Crippen LogP contribution is 2.23. The van der Waals surface area contributed by atoms with Crippen LogP contribution < -0.4 is 0 Å². The second kappa shape index (κ2) is 5.32. The first-order chi connectivity index (χ1) is 8.22. The van der Waals surface area contributed by atoms with E-state index in [1.807, 2.05) is 18.2 Å². The molecule has 0 amide bonds. The highest BCUT2D eigenvalue weighted by molar-refractivity contribution is 6.18. The van der Waals surface area contributed by atoms with Gasteiger partial charge in [-0.3, -0.25) is 9.59 Å². The van der Waals surface area contributed by atoms with E-state index in [4.69, 9.17) is 16.3 Å². The van der Waals surface area contributed by atoms with Crippen LogP contribution in [0, 0.1) is 0 Å². The molecule has 0 aromatic heterocycles. The number of carbonyl (C=O) groups is 2. The average molecular weight is 253 g/mol. The smallest absolute Gasteiger partial charge is 0.307 e. The van der Waals surface area contributed by atoms with E-state index in [9.17, 15) is 9.59 Å². The average Bonchev–Trinajstić information content (AvgIpc) is 2.33. The number of ketones is 1. The number of hydrogen-bond acceptors (Lipinski definition) is 3. The first kappa shape index (κ1) is 12.1. The number of carbonyl (C=O) groups excluding carboxylic acids is 2. The number of Topliss-reactive ketones (excluding diaryl/α,β-unsaturated/α-hetero) is 1. The summed E-state index contributed by atoms with van der Waals surface area (Å²) in [5.74, 6) is -0.288. The topological polar surface area (TPSA) is 43.4 Å². The fraction of sp³-hybridized carbons (Fsp3) is 0.385. The van der Waals surface area contributed by atoms with E-state index in [-0.39, 0.29) is 18.1 Å². The molecule has 4 heteroatoms. The first-order valence-corrected chi connectivity index (χ1v) is 6.13. The summed E-state index contributed by atoms with van der Waals surface area (Å²) >= 11 is 5.45. The van der Waals surface area contributed by atoms with Crippen LogP contribution >= 0.6 is 11.6 Å². The molecular weight excluding hydrogens is 240 g/mol. The van der Waals surface area contributed by atoms with Crippen LogP contribution in [0.3, 0.4) is 0 Å². The molecule has 0 saturated heterocycles. The third-order valence-corrected chi connectivity index (χ3v) is 3.01. The Labute approximate surface area is 105 Å². The van der Waals surface area contributed by atoms with Gasteiger partial charge in [0.1, 0.15) is 0 Å². The summed E-state index contributed by atoms with van der Waals surface area (Å²) in [6, 6.07) is 7.44. The van der Waals surface area contributed by atoms with Gasteiger partial charge in [0.15, 0.2) is 6.10 Å². The van der Waals surface area contributed by atoms with E-state index in [0.29, 0.717) is 12.0 Å². The van der Waals surface area contributed by atoms with Crippen LogP contribution in [0.5, 0.6) is 0 Å². The zero-order valence-electron chi connectivity index (χ0n) is 9.32. The van der Waals surface area contributed by atoms with Crippen LogP contribution in [-0.4, -0.2) is 23.7 Å². The lowest BCUT2D eigenvalue weighted by molar-refractivity contribution is -0.146. The molecule has 0 bridgehead atoms. The van der Waals surface area contributed by atoms with Gasteiger partial charge in [-0.05, 0) is 18.4 Å². The molecule has 1 aromatic rings. The number of ether oxygens (including phenoxy) is 1. The number of fused-ring (bicyclic) bond motifs is 1. The van der Waals surface area contributed by atoms with Gasteiger partial charge in [-0.1, -0.05) is 24.3 Å². The molecule has 1 aliphatic rings. The van der Waals surface area contributed by atoms with Crippen molar-refractivity contribution in [2.45, 2.75) is 25.4 Å². The summed E-state index contributed by atoms with van der Waals surface area (Å²) in [7, 11) is 0. The summed E-state index contributed by atoms with van der Waals surface area (Å²) in [6.07, 6.45) is 0.832. The number of hydrogen-bond donors (Lipinski definition) is 0. The van der Waals surface area contributed by atoms with Crippen LogP contribution in [0.25, 0.3) is 0 Å². The van der Waals surface area contributed by atoms with Crippen molar-refractivity contribution in [2.75, 3.05) is 5.88 Å². The van der Waals surface area contributed by atoms with Crippen LogP contribution in [0.1, 0.15) is 28.8 Å². The molecule has 1 atom stereocenters. The van der Waals surface area contributed by atoms with Crippen molar-refractivity contribution < 1.29 is 14.3 Å². The van der Waals surface area contributed by atoms with Crippen molar-refractivity contribution in [1.82, 2.24) is 0 Å². The van der Waals surface area contributed by atoms with Crippen molar-refractivity contribution in [2.24, 2.45) is 0 Å². The number of esters is 1. The van der Waals surface area contributed by atoms with Gasteiger partial charge in [0.25, 0.3) is 0 Å². The second-order valence-electron chi connectivity index (χ2n) is 3.98.